The van der Waals surface area contributed by atoms with Crippen molar-refractivity contribution in [1.29, 1.82) is 0 Å². The Labute approximate surface area is 88.8 Å². The van der Waals surface area contributed by atoms with Gasteiger partial charge in [-0.1, -0.05) is 0 Å². The summed E-state index contributed by atoms with van der Waals surface area (Å²) in [6.07, 6.45) is 7.64. The number of aromatic nitrogens is 1. The highest BCUT2D eigenvalue weighted by molar-refractivity contribution is 6.02. The van der Waals surface area contributed by atoms with Crippen LogP contribution in [0.4, 0.5) is 0 Å². The van der Waals surface area contributed by atoms with Crippen molar-refractivity contribution in [2.75, 3.05) is 13.2 Å². The fraction of sp³-hybridized carbons (Fsp3) is 0.583. The molecule has 1 N–H and O–H groups in total. The number of carbonyl (C=O) groups excluding carboxylic acids is 1. The summed E-state index contributed by atoms with van der Waals surface area (Å²) in [7, 11) is 0. The number of nitrogens with one attached hydrogen (secondary N) is 1. The van der Waals surface area contributed by atoms with Crippen LogP contribution in [0.2, 0.25) is 0 Å². The first-order chi connectivity index (χ1) is 7.32. The monoisotopic (exact) mass is 205 g/mol. The van der Waals surface area contributed by atoms with Crippen LogP contribution < -0.4 is 0 Å². The minimum atomic E-state index is -0.104. The highest BCUT2D eigenvalue weighted by Gasteiger charge is 2.43. The molecule has 0 unspecified atom stereocenters. The number of aryl methyl sites for hydroxylation is 1. The van der Waals surface area contributed by atoms with Crippen molar-refractivity contribution >= 4 is 5.78 Å². The van der Waals surface area contributed by atoms with E-state index in [1.165, 1.54) is 5.56 Å². The van der Waals surface area contributed by atoms with E-state index in [1.807, 2.05) is 12.4 Å². The first-order valence-electron chi connectivity index (χ1n) is 5.60. The van der Waals surface area contributed by atoms with E-state index in [2.05, 4.69) is 4.98 Å². The van der Waals surface area contributed by atoms with Crippen LogP contribution in [0.15, 0.2) is 12.4 Å². The van der Waals surface area contributed by atoms with Gasteiger partial charge in [-0.25, -0.2) is 0 Å². The molecule has 3 heteroatoms. The lowest BCUT2D eigenvalue weighted by Crippen LogP contribution is -2.40. The van der Waals surface area contributed by atoms with Crippen molar-refractivity contribution in [1.82, 2.24) is 4.98 Å². The number of carbonyl (C=O) groups is 1. The summed E-state index contributed by atoms with van der Waals surface area (Å²) >= 11 is 0. The van der Waals surface area contributed by atoms with E-state index in [1.54, 1.807) is 0 Å². The van der Waals surface area contributed by atoms with Gasteiger partial charge >= 0.3 is 0 Å². The number of Topliss-reactive ketones (excluding diaryl/α,β-unsaturated/α-hetero) is 1. The Morgan fingerprint density at radius 2 is 2.00 bits per heavy atom. The Kier molecular flexibility index (Phi) is 1.96. The third kappa shape index (κ3) is 1.26. The summed E-state index contributed by atoms with van der Waals surface area (Å²) in [5, 5.41) is 0. The Bertz CT molecular complexity index is 388. The number of hydrogen-bond donors (Lipinski definition) is 1. The molecule has 0 aromatic carbocycles. The van der Waals surface area contributed by atoms with E-state index < -0.39 is 0 Å². The Morgan fingerprint density at radius 1 is 1.20 bits per heavy atom. The maximum atomic E-state index is 12.4. The van der Waals surface area contributed by atoms with Crippen molar-refractivity contribution in [2.24, 2.45) is 5.41 Å². The molecular formula is C12H15NO2. The Morgan fingerprint density at radius 3 is 2.80 bits per heavy atom. The first-order valence-corrected chi connectivity index (χ1v) is 5.60. The summed E-state index contributed by atoms with van der Waals surface area (Å²) in [6.45, 7) is 1.48. The molecule has 3 nitrogen and oxygen atoms in total. The van der Waals surface area contributed by atoms with Gasteiger partial charge < -0.3 is 9.72 Å². The van der Waals surface area contributed by atoms with Crippen LogP contribution in [0.5, 0.6) is 0 Å². The van der Waals surface area contributed by atoms with Crippen molar-refractivity contribution < 1.29 is 9.53 Å². The van der Waals surface area contributed by atoms with Gasteiger partial charge in [-0.15, -0.1) is 0 Å². The van der Waals surface area contributed by atoms with Crippen molar-refractivity contribution in [3.05, 3.63) is 23.5 Å². The largest absolute Gasteiger partial charge is 0.381 e. The minimum Gasteiger partial charge on any atom is -0.381 e. The van der Waals surface area contributed by atoms with Crippen LogP contribution >= 0.6 is 0 Å². The molecule has 1 aromatic heterocycles. The molecule has 80 valence electrons. The predicted molar refractivity (Wildman–Crippen MR) is 55.9 cm³/mol. The van der Waals surface area contributed by atoms with Gasteiger partial charge in [-0.3, -0.25) is 4.79 Å². The Balaban J connectivity index is 1.98. The van der Waals surface area contributed by atoms with Crippen LogP contribution in [-0.4, -0.2) is 24.0 Å². The second-order valence-corrected chi connectivity index (χ2v) is 4.62. The zero-order chi connectivity index (χ0) is 10.3. The fourth-order valence-corrected chi connectivity index (χ4v) is 2.83. The summed E-state index contributed by atoms with van der Waals surface area (Å²) < 4.78 is 5.35. The molecule has 1 spiro atoms. The summed E-state index contributed by atoms with van der Waals surface area (Å²) in [4.78, 5) is 15.4. The highest BCUT2D eigenvalue weighted by Crippen LogP contribution is 2.42. The normalized spacial score (nSPS) is 24.1. The lowest BCUT2D eigenvalue weighted by atomic mass is 9.67. The van der Waals surface area contributed by atoms with Crippen LogP contribution in [0.25, 0.3) is 0 Å². The van der Waals surface area contributed by atoms with E-state index in [0.717, 1.165) is 44.5 Å². The van der Waals surface area contributed by atoms with Gasteiger partial charge in [0.1, 0.15) is 0 Å². The lowest BCUT2D eigenvalue weighted by molar-refractivity contribution is 0.0118. The number of hydrogen-bond acceptors (Lipinski definition) is 2. The molecule has 0 radical (unpaired) electrons. The third-order valence-corrected chi connectivity index (χ3v) is 3.88. The van der Waals surface area contributed by atoms with Crippen molar-refractivity contribution in [3.63, 3.8) is 0 Å². The molecule has 0 amide bonds. The molecular weight excluding hydrogens is 190 g/mol. The van der Waals surface area contributed by atoms with Crippen LogP contribution in [0.3, 0.4) is 0 Å². The Hall–Kier alpha value is -1.09. The smallest absolute Gasteiger partial charge is 0.170 e. The third-order valence-electron chi connectivity index (χ3n) is 3.88. The van der Waals surface area contributed by atoms with Gasteiger partial charge in [0, 0.05) is 36.6 Å². The number of aromatic amines is 1. The van der Waals surface area contributed by atoms with Gasteiger partial charge in [-0.05, 0) is 31.2 Å². The van der Waals surface area contributed by atoms with Crippen LogP contribution in [0, 0.1) is 5.41 Å². The van der Waals surface area contributed by atoms with Crippen LogP contribution in [-0.2, 0) is 11.2 Å². The molecule has 3 rings (SSSR count). The van der Waals surface area contributed by atoms with E-state index >= 15 is 0 Å². The number of H-pyrrole nitrogens is 1. The van der Waals surface area contributed by atoms with Crippen LogP contribution in [0.1, 0.15) is 35.2 Å². The zero-order valence-electron chi connectivity index (χ0n) is 8.71. The molecule has 1 saturated heterocycles. The highest BCUT2D eigenvalue weighted by atomic mass is 16.5. The standard InChI is InChI=1S/C12H15NO2/c14-11-10-8-13-7-9(10)1-2-12(11)3-5-15-6-4-12/h7-8,13H,1-6H2. The predicted octanol–water partition coefficient (Wildman–Crippen LogP) is 1.94. The van der Waals surface area contributed by atoms with E-state index in [4.69, 9.17) is 4.74 Å². The molecule has 15 heavy (non-hydrogen) atoms. The molecule has 1 aliphatic heterocycles. The molecule has 1 aliphatic carbocycles. The lowest BCUT2D eigenvalue weighted by Gasteiger charge is -2.38. The van der Waals surface area contributed by atoms with Gasteiger partial charge in [0.05, 0.1) is 0 Å². The van der Waals surface area contributed by atoms with Gasteiger partial charge in [0.2, 0.25) is 0 Å². The van der Waals surface area contributed by atoms with Gasteiger partial charge in [0.25, 0.3) is 0 Å². The SMILES string of the molecule is O=C1c2c[nH]cc2CCC12CCOCC2. The summed E-state index contributed by atoms with van der Waals surface area (Å²) in [5.74, 6) is 0.341. The molecule has 0 saturated carbocycles. The summed E-state index contributed by atoms with van der Waals surface area (Å²) in [5.41, 5.74) is 2.01. The molecule has 1 aromatic rings. The fourth-order valence-electron chi connectivity index (χ4n) is 2.83. The van der Waals surface area contributed by atoms with E-state index in [9.17, 15) is 4.79 Å². The second kappa shape index (κ2) is 3.20. The summed E-state index contributed by atoms with van der Waals surface area (Å²) in [6, 6.07) is 0. The van der Waals surface area contributed by atoms with E-state index in [0.29, 0.717) is 5.78 Å². The molecule has 1 fully saturated rings. The number of rotatable bonds is 0. The maximum absolute atomic E-state index is 12.4. The quantitative estimate of drug-likeness (QED) is 0.703. The number of fused-ring (bicyclic) bond motifs is 1. The number of ether oxygens (including phenoxy) is 1. The van der Waals surface area contributed by atoms with Gasteiger partial charge in [-0.2, -0.15) is 0 Å². The second-order valence-electron chi connectivity index (χ2n) is 4.62. The topological polar surface area (TPSA) is 42.1 Å². The number of ketones is 1. The molecule has 2 heterocycles. The maximum Gasteiger partial charge on any atom is 0.170 e. The van der Waals surface area contributed by atoms with E-state index in [-0.39, 0.29) is 5.41 Å². The average molecular weight is 205 g/mol. The van der Waals surface area contributed by atoms with Crippen molar-refractivity contribution in [3.8, 4) is 0 Å². The first kappa shape index (κ1) is 9.16. The molecule has 2 aliphatic rings. The zero-order valence-corrected chi connectivity index (χ0v) is 8.71. The molecule has 0 atom stereocenters. The minimum absolute atomic E-state index is 0.104. The van der Waals surface area contributed by atoms with Gasteiger partial charge in [0.15, 0.2) is 5.78 Å². The average Bonchev–Trinajstić information content (AvgIpc) is 2.74. The molecule has 0 bridgehead atoms. The van der Waals surface area contributed by atoms with Crippen molar-refractivity contribution in [2.45, 2.75) is 25.7 Å².